The van der Waals surface area contributed by atoms with Crippen LogP contribution < -0.4 is 10.9 Å². The van der Waals surface area contributed by atoms with Crippen LogP contribution in [0.3, 0.4) is 0 Å². The lowest BCUT2D eigenvalue weighted by atomic mass is 10.0. The molecule has 2 rings (SSSR count). The maximum atomic E-state index is 11.6. The van der Waals surface area contributed by atoms with E-state index >= 15 is 0 Å². The van der Waals surface area contributed by atoms with E-state index in [1.54, 1.807) is 32.2 Å². The Labute approximate surface area is 104 Å². The van der Waals surface area contributed by atoms with Gasteiger partial charge in [0.1, 0.15) is 5.54 Å². The Balaban J connectivity index is 2.12. The number of nitrogens with zero attached hydrogens (tertiary/aromatic N) is 2. The zero-order valence-electron chi connectivity index (χ0n) is 10.3. The standard InChI is InChI=1S/C12H15N3O3/c1-12(2)10(17)13-11(18)15(12)8-7-14-6-4-3-5-9(14)16/h3-6H,7-8H2,1-2H3,(H,13,17,18). The van der Waals surface area contributed by atoms with E-state index in [9.17, 15) is 14.4 Å². The third kappa shape index (κ3) is 2.01. The van der Waals surface area contributed by atoms with Crippen LogP contribution in [0.2, 0.25) is 0 Å². The van der Waals surface area contributed by atoms with Crippen molar-refractivity contribution in [1.82, 2.24) is 14.8 Å². The quantitative estimate of drug-likeness (QED) is 0.777. The minimum absolute atomic E-state index is 0.124. The number of amides is 3. The number of imide groups is 1. The normalized spacial score (nSPS) is 18.0. The number of urea groups is 1. The summed E-state index contributed by atoms with van der Waals surface area (Å²) in [6, 6.07) is 4.46. The summed E-state index contributed by atoms with van der Waals surface area (Å²) in [4.78, 5) is 36.1. The summed E-state index contributed by atoms with van der Waals surface area (Å²) in [5, 5.41) is 2.27. The molecule has 2 heterocycles. The van der Waals surface area contributed by atoms with E-state index in [4.69, 9.17) is 0 Å². The number of nitrogens with one attached hydrogen (secondary N) is 1. The molecule has 96 valence electrons. The van der Waals surface area contributed by atoms with Crippen molar-refractivity contribution < 1.29 is 9.59 Å². The number of carbonyl (C=O) groups excluding carboxylic acids is 2. The van der Waals surface area contributed by atoms with Gasteiger partial charge >= 0.3 is 6.03 Å². The molecule has 0 saturated carbocycles. The van der Waals surface area contributed by atoms with Gasteiger partial charge in [0, 0.05) is 25.4 Å². The van der Waals surface area contributed by atoms with Gasteiger partial charge in [0.25, 0.3) is 11.5 Å². The highest BCUT2D eigenvalue weighted by Gasteiger charge is 2.45. The number of rotatable bonds is 3. The van der Waals surface area contributed by atoms with Gasteiger partial charge in [-0.1, -0.05) is 6.07 Å². The van der Waals surface area contributed by atoms with Gasteiger partial charge in [-0.3, -0.25) is 14.9 Å². The topological polar surface area (TPSA) is 71.4 Å². The molecular weight excluding hydrogens is 234 g/mol. The summed E-state index contributed by atoms with van der Waals surface area (Å²) in [5.74, 6) is -0.312. The van der Waals surface area contributed by atoms with Crippen molar-refractivity contribution in [2.45, 2.75) is 25.9 Å². The highest BCUT2D eigenvalue weighted by Crippen LogP contribution is 2.20. The first-order valence-corrected chi connectivity index (χ1v) is 5.71. The third-order valence-electron chi connectivity index (χ3n) is 3.16. The van der Waals surface area contributed by atoms with Gasteiger partial charge in [-0.05, 0) is 19.9 Å². The summed E-state index contributed by atoms with van der Waals surface area (Å²) in [6.45, 7) is 4.04. The van der Waals surface area contributed by atoms with Crippen molar-refractivity contribution >= 4 is 11.9 Å². The molecule has 0 unspecified atom stereocenters. The molecule has 6 nitrogen and oxygen atoms in total. The van der Waals surface area contributed by atoms with Crippen LogP contribution in [0.5, 0.6) is 0 Å². The molecule has 1 N–H and O–H groups in total. The molecular formula is C12H15N3O3. The van der Waals surface area contributed by atoms with Gasteiger partial charge in [0.15, 0.2) is 0 Å². The highest BCUT2D eigenvalue weighted by molar-refractivity contribution is 6.06. The molecule has 1 aliphatic heterocycles. The van der Waals surface area contributed by atoms with Crippen molar-refractivity contribution in [1.29, 1.82) is 0 Å². The van der Waals surface area contributed by atoms with Crippen molar-refractivity contribution in [2.75, 3.05) is 6.54 Å². The lowest BCUT2D eigenvalue weighted by molar-refractivity contribution is -0.125. The number of hydrogen-bond donors (Lipinski definition) is 1. The lowest BCUT2D eigenvalue weighted by Gasteiger charge is -2.27. The van der Waals surface area contributed by atoms with Crippen LogP contribution in [-0.2, 0) is 11.3 Å². The van der Waals surface area contributed by atoms with Gasteiger partial charge in [0.05, 0.1) is 0 Å². The second-order valence-electron chi connectivity index (χ2n) is 4.70. The first kappa shape index (κ1) is 12.3. The number of carbonyl (C=O) groups is 2. The molecule has 1 aromatic rings. The van der Waals surface area contributed by atoms with Crippen LogP contribution in [0.1, 0.15) is 13.8 Å². The molecule has 1 fully saturated rings. The van der Waals surface area contributed by atoms with Crippen LogP contribution in [0, 0.1) is 0 Å². The van der Waals surface area contributed by atoms with Gasteiger partial charge < -0.3 is 9.47 Å². The average Bonchev–Trinajstić information content (AvgIpc) is 2.49. The summed E-state index contributed by atoms with van der Waals surface area (Å²) in [5.41, 5.74) is -0.989. The molecule has 0 atom stereocenters. The molecule has 0 radical (unpaired) electrons. The fourth-order valence-corrected chi connectivity index (χ4v) is 1.93. The molecule has 0 spiro atoms. The zero-order chi connectivity index (χ0) is 13.3. The van der Waals surface area contributed by atoms with E-state index in [0.717, 1.165) is 0 Å². The van der Waals surface area contributed by atoms with E-state index in [0.29, 0.717) is 13.1 Å². The minimum Gasteiger partial charge on any atom is -0.314 e. The summed E-state index contributed by atoms with van der Waals surface area (Å²) in [6.07, 6.45) is 1.66. The second kappa shape index (κ2) is 4.29. The predicted molar refractivity (Wildman–Crippen MR) is 65.0 cm³/mol. The molecule has 1 aromatic heterocycles. The van der Waals surface area contributed by atoms with Crippen molar-refractivity contribution in [3.63, 3.8) is 0 Å². The van der Waals surface area contributed by atoms with E-state index in [-0.39, 0.29) is 11.5 Å². The van der Waals surface area contributed by atoms with Crippen LogP contribution in [-0.4, -0.2) is 33.5 Å². The van der Waals surface area contributed by atoms with Crippen LogP contribution in [0.25, 0.3) is 0 Å². The van der Waals surface area contributed by atoms with Crippen LogP contribution >= 0.6 is 0 Å². The zero-order valence-corrected chi connectivity index (χ0v) is 10.3. The monoisotopic (exact) mass is 249 g/mol. The Morgan fingerprint density at radius 3 is 2.44 bits per heavy atom. The van der Waals surface area contributed by atoms with E-state index in [1.165, 1.54) is 15.5 Å². The van der Waals surface area contributed by atoms with E-state index in [2.05, 4.69) is 5.32 Å². The molecule has 0 aromatic carbocycles. The van der Waals surface area contributed by atoms with Crippen LogP contribution in [0.4, 0.5) is 4.79 Å². The molecule has 3 amide bonds. The number of hydrogen-bond acceptors (Lipinski definition) is 3. The van der Waals surface area contributed by atoms with Gasteiger partial charge in [-0.2, -0.15) is 0 Å². The fraction of sp³-hybridized carbons (Fsp3) is 0.417. The summed E-state index contributed by atoms with van der Waals surface area (Å²) in [7, 11) is 0. The van der Waals surface area contributed by atoms with Gasteiger partial charge in [0.2, 0.25) is 0 Å². The molecule has 1 aliphatic rings. The smallest absolute Gasteiger partial charge is 0.314 e. The SMILES string of the molecule is CC1(C)C(=O)NC(=O)N1CCn1ccccc1=O. The maximum absolute atomic E-state index is 11.6. The Bertz CT molecular complexity index is 547. The predicted octanol–water partition coefficient (Wildman–Crippen LogP) is 0.179. The molecule has 1 saturated heterocycles. The Kier molecular flexibility index (Phi) is 2.94. The largest absolute Gasteiger partial charge is 0.325 e. The van der Waals surface area contributed by atoms with Crippen molar-refractivity contribution in [2.24, 2.45) is 0 Å². The molecule has 18 heavy (non-hydrogen) atoms. The lowest BCUT2D eigenvalue weighted by Crippen LogP contribution is -2.46. The van der Waals surface area contributed by atoms with Gasteiger partial charge in [-0.25, -0.2) is 4.79 Å². The minimum atomic E-state index is -0.866. The second-order valence-corrected chi connectivity index (χ2v) is 4.70. The number of aromatic nitrogens is 1. The Morgan fingerprint density at radius 2 is 1.89 bits per heavy atom. The van der Waals surface area contributed by atoms with E-state index < -0.39 is 11.6 Å². The molecule has 0 aliphatic carbocycles. The number of pyridine rings is 1. The van der Waals surface area contributed by atoms with Crippen LogP contribution in [0.15, 0.2) is 29.2 Å². The van der Waals surface area contributed by atoms with Gasteiger partial charge in [-0.15, -0.1) is 0 Å². The molecule has 0 bridgehead atoms. The Hall–Kier alpha value is -2.11. The van der Waals surface area contributed by atoms with Crippen molar-refractivity contribution in [3.05, 3.63) is 34.7 Å². The average molecular weight is 249 g/mol. The molecule has 6 heteroatoms. The first-order chi connectivity index (χ1) is 8.43. The van der Waals surface area contributed by atoms with Crippen molar-refractivity contribution in [3.8, 4) is 0 Å². The first-order valence-electron chi connectivity index (χ1n) is 5.71. The summed E-state index contributed by atoms with van der Waals surface area (Å²) < 4.78 is 1.51. The third-order valence-corrected chi connectivity index (χ3v) is 3.16. The highest BCUT2D eigenvalue weighted by atomic mass is 16.2. The Morgan fingerprint density at radius 1 is 1.17 bits per heavy atom. The van der Waals surface area contributed by atoms with E-state index in [1.807, 2.05) is 0 Å². The summed E-state index contributed by atoms with van der Waals surface area (Å²) >= 11 is 0. The maximum Gasteiger partial charge on any atom is 0.325 e. The fourth-order valence-electron chi connectivity index (χ4n) is 1.93.